The minimum atomic E-state index is 0. The third kappa shape index (κ3) is 6.12. The summed E-state index contributed by atoms with van der Waals surface area (Å²) in [7, 11) is 2.99. The Kier molecular flexibility index (Phi) is 10.9. The quantitative estimate of drug-likeness (QED) is 0.507. The van der Waals surface area contributed by atoms with Gasteiger partial charge in [0, 0.05) is 26.5 Å². The van der Waals surface area contributed by atoms with E-state index in [1.807, 2.05) is 24.3 Å². The highest BCUT2D eigenvalue weighted by Crippen LogP contribution is 2.29. The number of nitrogens with two attached hydrogens (primary N) is 1. The van der Waals surface area contributed by atoms with Gasteiger partial charge in [0.15, 0.2) is 5.78 Å². The smallest absolute Gasteiger partial charge is 0.163 e. The molecular weight excluding hydrogens is 511 g/mol. The van der Waals surface area contributed by atoms with Gasteiger partial charge in [-0.25, -0.2) is 5.90 Å². The molecule has 2 aliphatic rings. The van der Waals surface area contributed by atoms with E-state index in [9.17, 15) is 4.79 Å². The Morgan fingerprint density at radius 2 is 1.39 bits per heavy atom. The molecular formula is C20H23Br2ClN2O3. The second-order valence-electron chi connectivity index (χ2n) is 5.91. The maximum Gasteiger partial charge on any atom is 0.163 e. The molecule has 0 amide bonds. The molecule has 0 aromatic heterocycles. The van der Waals surface area contributed by atoms with Crippen LogP contribution in [0.5, 0.6) is 0 Å². The molecule has 2 aliphatic carbocycles. The molecule has 2 aromatic carbocycles. The van der Waals surface area contributed by atoms with Crippen LogP contribution < -0.4 is 5.90 Å². The van der Waals surface area contributed by atoms with E-state index in [1.165, 1.54) is 28.3 Å². The van der Waals surface area contributed by atoms with Crippen molar-refractivity contribution in [3.63, 3.8) is 0 Å². The van der Waals surface area contributed by atoms with Crippen LogP contribution in [-0.4, -0.2) is 25.7 Å². The predicted octanol–water partition coefficient (Wildman–Crippen LogP) is 5.25. The van der Waals surface area contributed by atoms with Gasteiger partial charge in [0.05, 0.1) is 12.8 Å². The van der Waals surface area contributed by atoms with Gasteiger partial charge in [-0.2, -0.15) is 0 Å². The Hall–Kier alpha value is -1.25. The highest BCUT2D eigenvalue weighted by Gasteiger charge is 2.20. The number of nitrogens with zero attached hydrogens (tertiary/aromatic N) is 1. The number of carbonyl (C=O) groups is 1. The number of hydrogen-bond acceptors (Lipinski definition) is 5. The molecule has 8 heteroatoms. The van der Waals surface area contributed by atoms with Crippen LogP contribution in [0, 0.1) is 0 Å². The molecule has 2 N–H and O–H groups in total. The van der Waals surface area contributed by atoms with E-state index in [1.54, 1.807) is 7.11 Å². The molecule has 0 fully saturated rings. The van der Waals surface area contributed by atoms with Crippen LogP contribution in [0.25, 0.3) is 0 Å². The Balaban J connectivity index is 0.000000241. The molecule has 0 bridgehead atoms. The van der Waals surface area contributed by atoms with E-state index in [-0.39, 0.29) is 18.2 Å². The number of ketones is 1. The third-order valence-corrected chi connectivity index (χ3v) is 5.75. The van der Waals surface area contributed by atoms with E-state index in [0.717, 1.165) is 35.0 Å². The van der Waals surface area contributed by atoms with E-state index >= 15 is 0 Å². The van der Waals surface area contributed by atoms with Crippen molar-refractivity contribution in [1.82, 2.24) is 0 Å². The van der Waals surface area contributed by atoms with Gasteiger partial charge in [-0.3, -0.25) is 4.79 Å². The zero-order chi connectivity index (χ0) is 19.8. The molecule has 5 nitrogen and oxygen atoms in total. The molecule has 2 aromatic rings. The Labute approximate surface area is 188 Å². The Bertz CT molecular complexity index is 844. The number of hydrogen-bond donors (Lipinski definition) is 1. The molecule has 0 radical (unpaired) electrons. The van der Waals surface area contributed by atoms with Crippen molar-refractivity contribution < 1.29 is 14.5 Å². The number of halogens is 3. The molecule has 0 aliphatic heterocycles. The summed E-state index contributed by atoms with van der Waals surface area (Å²) >= 11 is 6.95. The molecule has 0 atom stereocenters. The zero-order valence-corrected chi connectivity index (χ0v) is 19.7. The molecule has 152 valence electrons. The van der Waals surface area contributed by atoms with Gasteiger partial charge in [-0.1, -0.05) is 61.3 Å². The van der Waals surface area contributed by atoms with Crippen LogP contribution in [0.1, 0.15) is 39.9 Å². The molecule has 28 heavy (non-hydrogen) atoms. The van der Waals surface area contributed by atoms with Crippen LogP contribution in [0.4, 0.5) is 0 Å². The van der Waals surface area contributed by atoms with Crippen molar-refractivity contribution in [2.75, 3.05) is 14.2 Å². The van der Waals surface area contributed by atoms with Crippen LogP contribution in [0.3, 0.4) is 0 Å². The lowest BCUT2D eigenvalue weighted by Gasteiger charge is -2.00. The summed E-state index contributed by atoms with van der Waals surface area (Å²) in [5.74, 6) is 4.63. The first kappa shape index (κ1) is 24.8. The maximum absolute atomic E-state index is 11.2. The fourth-order valence-corrected chi connectivity index (χ4v) is 4.24. The molecule has 0 saturated carbocycles. The molecule has 0 unspecified atom stereocenters. The van der Waals surface area contributed by atoms with Gasteiger partial charge in [0.2, 0.25) is 0 Å². The SMILES string of the molecule is CO/N=C1\CCc2c(Br)cccc21.CON.Cl.O=C1CCc2c(Br)cccc21. The lowest BCUT2D eigenvalue weighted by molar-refractivity contribution is 0.0994. The van der Waals surface area contributed by atoms with Crippen LogP contribution in [0.2, 0.25) is 0 Å². The average Bonchev–Trinajstić information content (AvgIpc) is 3.23. The van der Waals surface area contributed by atoms with Gasteiger partial charge < -0.3 is 9.68 Å². The van der Waals surface area contributed by atoms with Gasteiger partial charge >= 0.3 is 0 Å². The molecule has 4 rings (SSSR count). The average molecular weight is 535 g/mol. The third-order valence-electron chi connectivity index (χ3n) is 4.26. The van der Waals surface area contributed by atoms with E-state index in [2.05, 4.69) is 59.9 Å². The van der Waals surface area contributed by atoms with E-state index in [0.29, 0.717) is 6.42 Å². The van der Waals surface area contributed by atoms with Crippen molar-refractivity contribution in [1.29, 1.82) is 0 Å². The summed E-state index contributed by atoms with van der Waals surface area (Å²) in [5.41, 5.74) is 5.70. The first-order valence-corrected chi connectivity index (χ1v) is 10.0. The summed E-state index contributed by atoms with van der Waals surface area (Å²) < 4.78 is 2.24. The van der Waals surface area contributed by atoms with Crippen molar-refractivity contribution in [3.05, 3.63) is 67.6 Å². The first-order valence-electron chi connectivity index (χ1n) is 8.44. The topological polar surface area (TPSA) is 73.9 Å². The van der Waals surface area contributed by atoms with Crippen LogP contribution >= 0.6 is 44.3 Å². The maximum atomic E-state index is 11.2. The number of carbonyl (C=O) groups excluding carboxylic acids is 1. The minimum absolute atomic E-state index is 0. The molecule has 0 heterocycles. The number of Topliss-reactive ketones (excluding diaryl/α,β-unsaturated/α-hetero) is 1. The van der Waals surface area contributed by atoms with Crippen molar-refractivity contribution in [3.8, 4) is 0 Å². The highest BCUT2D eigenvalue weighted by molar-refractivity contribution is 9.10. The Morgan fingerprint density at radius 3 is 1.93 bits per heavy atom. The minimum Gasteiger partial charge on any atom is -0.399 e. The molecule has 0 spiro atoms. The van der Waals surface area contributed by atoms with Gasteiger partial charge in [-0.15, -0.1) is 12.4 Å². The number of fused-ring (bicyclic) bond motifs is 2. The van der Waals surface area contributed by atoms with Crippen molar-refractivity contribution in [2.24, 2.45) is 11.1 Å². The van der Waals surface area contributed by atoms with Gasteiger partial charge in [-0.05, 0) is 42.5 Å². The van der Waals surface area contributed by atoms with E-state index < -0.39 is 0 Å². The lowest BCUT2D eigenvalue weighted by Crippen LogP contribution is -1.94. The van der Waals surface area contributed by atoms with E-state index in [4.69, 9.17) is 4.84 Å². The van der Waals surface area contributed by atoms with Crippen molar-refractivity contribution in [2.45, 2.75) is 25.7 Å². The summed E-state index contributed by atoms with van der Waals surface area (Å²) in [6, 6.07) is 12.0. The fourth-order valence-electron chi connectivity index (χ4n) is 3.11. The summed E-state index contributed by atoms with van der Waals surface area (Å²) in [4.78, 5) is 19.7. The van der Waals surface area contributed by atoms with Crippen LogP contribution in [-0.2, 0) is 22.5 Å². The normalized spacial score (nSPS) is 14.8. The first-order chi connectivity index (χ1) is 13.0. The standard InChI is InChI=1S/C10H10BrNO.C9H7BrO.CH5NO.ClH/c1-13-12-10-6-5-7-8(10)3-2-4-9(7)11;10-8-3-1-2-7-6(8)4-5-9(7)11;1-3-2;/h2-4H,5-6H2,1H3;1-3H,4-5H2;2H2,1H3;1H/b12-10+;;;. The van der Waals surface area contributed by atoms with Gasteiger partial charge in [0.25, 0.3) is 0 Å². The fraction of sp³-hybridized carbons (Fsp3) is 0.300. The van der Waals surface area contributed by atoms with Crippen molar-refractivity contribution >= 4 is 55.8 Å². The summed E-state index contributed by atoms with van der Waals surface area (Å²) in [6.45, 7) is 0. The number of oxime groups is 1. The largest absolute Gasteiger partial charge is 0.399 e. The number of benzene rings is 2. The second-order valence-corrected chi connectivity index (χ2v) is 7.62. The zero-order valence-electron chi connectivity index (χ0n) is 15.7. The van der Waals surface area contributed by atoms with Crippen LogP contribution in [0.15, 0.2) is 50.5 Å². The molecule has 0 saturated heterocycles. The highest BCUT2D eigenvalue weighted by atomic mass is 79.9. The predicted molar refractivity (Wildman–Crippen MR) is 121 cm³/mol. The summed E-state index contributed by atoms with van der Waals surface area (Å²) in [6.07, 6.45) is 3.61. The lowest BCUT2D eigenvalue weighted by atomic mass is 10.1. The van der Waals surface area contributed by atoms with Gasteiger partial charge in [0.1, 0.15) is 7.11 Å². The monoisotopic (exact) mass is 532 g/mol. The Morgan fingerprint density at radius 1 is 0.893 bits per heavy atom. The summed E-state index contributed by atoms with van der Waals surface area (Å²) in [5, 5.41) is 4.00. The second kappa shape index (κ2) is 12.3. The number of rotatable bonds is 1.